The minimum atomic E-state index is 0.175. The molecule has 1 aliphatic carbocycles. The number of benzene rings is 1. The molecule has 0 radical (unpaired) electrons. The van der Waals surface area contributed by atoms with Crippen LogP contribution in [0.4, 0.5) is 0 Å². The summed E-state index contributed by atoms with van der Waals surface area (Å²) < 4.78 is 11.4. The third kappa shape index (κ3) is 3.65. The largest absolute Gasteiger partial charge is 0.490 e. The summed E-state index contributed by atoms with van der Waals surface area (Å²) >= 11 is 1.83. The van der Waals surface area contributed by atoms with Crippen molar-refractivity contribution in [3.63, 3.8) is 0 Å². The number of hydrogen-bond donors (Lipinski definition) is 0. The van der Waals surface area contributed by atoms with Crippen molar-refractivity contribution < 1.29 is 9.47 Å². The van der Waals surface area contributed by atoms with Gasteiger partial charge >= 0.3 is 0 Å². The van der Waals surface area contributed by atoms with E-state index in [1.807, 2.05) is 17.8 Å². The highest BCUT2D eigenvalue weighted by molar-refractivity contribution is 8.00. The molecule has 3 nitrogen and oxygen atoms in total. The smallest absolute Gasteiger partial charge is 0.162 e. The summed E-state index contributed by atoms with van der Waals surface area (Å²) in [7, 11) is 0. The molecular formula is C17H21NO2S. The van der Waals surface area contributed by atoms with Crippen LogP contribution in [0.1, 0.15) is 38.5 Å². The zero-order chi connectivity index (χ0) is 14.5. The molecule has 1 aromatic rings. The molecule has 1 saturated carbocycles. The summed E-state index contributed by atoms with van der Waals surface area (Å²) in [6.07, 6.45) is 6.79. The van der Waals surface area contributed by atoms with E-state index in [-0.39, 0.29) is 5.92 Å². The highest BCUT2D eigenvalue weighted by atomic mass is 32.2. The molecule has 0 bridgehead atoms. The molecule has 1 fully saturated rings. The van der Waals surface area contributed by atoms with E-state index in [1.54, 1.807) is 0 Å². The molecule has 2 atom stereocenters. The van der Waals surface area contributed by atoms with E-state index < -0.39 is 0 Å². The lowest BCUT2D eigenvalue weighted by Gasteiger charge is -2.19. The number of fused-ring (bicyclic) bond motifs is 1. The monoisotopic (exact) mass is 303 g/mol. The van der Waals surface area contributed by atoms with Gasteiger partial charge in [0.1, 0.15) is 0 Å². The normalized spacial score (nSPS) is 25.5. The van der Waals surface area contributed by atoms with E-state index in [2.05, 4.69) is 18.2 Å². The van der Waals surface area contributed by atoms with Crippen molar-refractivity contribution in [2.75, 3.05) is 13.2 Å². The van der Waals surface area contributed by atoms with Gasteiger partial charge in [-0.2, -0.15) is 5.26 Å². The van der Waals surface area contributed by atoms with Crippen LogP contribution >= 0.6 is 11.8 Å². The van der Waals surface area contributed by atoms with Crippen LogP contribution in [0.3, 0.4) is 0 Å². The fourth-order valence-corrected chi connectivity index (χ4v) is 4.27. The fraction of sp³-hybridized carbons (Fsp3) is 0.588. The third-order valence-electron chi connectivity index (χ3n) is 4.12. The maximum atomic E-state index is 9.39. The Balaban J connectivity index is 1.74. The SMILES string of the molecule is N#CC1CCCCCC1Sc1ccc2c(c1)OCCCO2. The molecule has 1 aliphatic heterocycles. The van der Waals surface area contributed by atoms with Crippen LogP contribution in [0.2, 0.25) is 0 Å². The number of hydrogen-bond acceptors (Lipinski definition) is 4. The second-order valence-corrected chi connectivity index (χ2v) is 7.00. The number of nitrogens with zero attached hydrogens (tertiary/aromatic N) is 1. The Kier molecular flexibility index (Phi) is 4.92. The van der Waals surface area contributed by atoms with E-state index >= 15 is 0 Å². The Morgan fingerprint density at radius 3 is 2.67 bits per heavy atom. The molecule has 1 aromatic carbocycles. The summed E-state index contributed by atoms with van der Waals surface area (Å²) in [6, 6.07) is 8.68. The first-order valence-electron chi connectivity index (χ1n) is 7.83. The van der Waals surface area contributed by atoms with E-state index in [4.69, 9.17) is 9.47 Å². The third-order valence-corrected chi connectivity index (χ3v) is 5.52. The van der Waals surface area contributed by atoms with Crippen molar-refractivity contribution in [2.45, 2.75) is 48.7 Å². The van der Waals surface area contributed by atoms with Crippen LogP contribution in [0.5, 0.6) is 11.5 Å². The summed E-state index contributed by atoms with van der Waals surface area (Å²) in [5.41, 5.74) is 0. The average Bonchev–Trinajstić information content (AvgIpc) is 2.87. The van der Waals surface area contributed by atoms with Gasteiger partial charge in [-0.15, -0.1) is 11.8 Å². The first-order valence-corrected chi connectivity index (χ1v) is 8.71. The minimum Gasteiger partial charge on any atom is -0.490 e. The lowest BCUT2D eigenvalue weighted by atomic mass is 10.0. The molecule has 3 rings (SSSR count). The van der Waals surface area contributed by atoms with Crippen molar-refractivity contribution in [3.8, 4) is 17.6 Å². The van der Waals surface area contributed by atoms with Gasteiger partial charge in [0.2, 0.25) is 0 Å². The molecule has 0 saturated heterocycles. The number of rotatable bonds is 2. The average molecular weight is 303 g/mol. The van der Waals surface area contributed by atoms with Gasteiger partial charge in [-0.3, -0.25) is 0 Å². The van der Waals surface area contributed by atoms with E-state index in [0.29, 0.717) is 11.9 Å². The number of thioether (sulfide) groups is 1. The Labute approximate surface area is 130 Å². The zero-order valence-corrected chi connectivity index (χ0v) is 13.0. The van der Waals surface area contributed by atoms with Crippen molar-refractivity contribution in [1.82, 2.24) is 0 Å². The maximum Gasteiger partial charge on any atom is 0.162 e. The molecule has 21 heavy (non-hydrogen) atoms. The molecular weight excluding hydrogens is 282 g/mol. The highest BCUT2D eigenvalue weighted by Gasteiger charge is 2.25. The molecule has 0 amide bonds. The van der Waals surface area contributed by atoms with Gasteiger partial charge in [-0.25, -0.2) is 0 Å². The van der Waals surface area contributed by atoms with Crippen LogP contribution in [0.15, 0.2) is 23.1 Å². The molecule has 0 spiro atoms. The Hall–Kier alpha value is -1.34. The van der Waals surface area contributed by atoms with Crippen molar-refractivity contribution in [3.05, 3.63) is 18.2 Å². The van der Waals surface area contributed by atoms with Crippen LogP contribution in [0.25, 0.3) is 0 Å². The molecule has 112 valence electrons. The maximum absolute atomic E-state index is 9.39. The van der Waals surface area contributed by atoms with E-state index in [1.165, 1.54) is 24.2 Å². The standard InChI is InChI=1S/C17H21NO2S/c18-12-13-5-2-1-3-6-17(13)21-14-7-8-15-16(11-14)20-10-4-9-19-15/h7-8,11,13,17H,1-6,9-10H2. The molecule has 0 N–H and O–H groups in total. The van der Waals surface area contributed by atoms with E-state index in [0.717, 1.165) is 37.4 Å². The van der Waals surface area contributed by atoms with Gasteiger partial charge in [0, 0.05) is 16.6 Å². The van der Waals surface area contributed by atoms with Gasteiger partial charge in [-0.1, -0.05) is 19.3 Å². The summed E-state index contributed by atoms with van der Waals surface area (Å²) in [6.45, 7) is 1.43. The predicted molar refractivity (Wildman–Crippen MR) is 83.9 cm³/mol. The van der Waals surface area contributed by atoms with E-state index in [9.17, 15) is 5.26 Å². The first-order chi connectivity index (χ1) is 10.4. The molecule has 2 aliphatic rings. The van der Waals surface area contributed by atoms with Crippen LogP contribution < -0.4 is 9.47 Å². The number of ether oxygens (including phenoxy) is 2. The molecule has 0 aromatic heterocycles. The predicted octanol–water partition coefficient (Wildman–Crippen LogP) is 4.41. The Morgan fingerprint density at radius 1 is 1.00 bits per heavy atom. The Bertz CT molecular complexity index is 526. The van der Waals surface area contributed by atoms with Crippen LogP contribution in [-0.4, -0.2) is 18.5 Å². The van der Waals surface area contributed by atoms with Gasteiger partial charge in [0.25, 0.3) is 0 Å². The van der Waals surface area contributed by atoms with Crippen molar-refractivity contribution in [2.24, 2.45) is 5.92 Å². The number of nitriles is 1. The van der Waals surface area contributed by atoms with Crippen LogP contribution in [-0.2, 0) is 0 Å². The summed E-state index contributed by atoms with van der Waals surface area (Å²) in [5.74, 6) is 1.86. The van der Waals surface area contributed by atoms with Crippen LogP contribution in [0, 0.1) is 17.2 Å². The lowest BCUT2D eigenvalue weighted by molar-refractivity contribution is 0.297. The topological polar surface area (TPSA) is 42.2 Å². The highest BCUT2D eigenvalue weighted by Crippen LogP contribution is 2.40. The summed E-state index contributed by atoms with van der Waals surface area (Å²) in [4.78, 5) is 1.19. The van der Waals surface area contributed by atoms with Crippen molar-refractivity contribution in [1.29, 1.82) is 5.26 Å². The fourth-order valence-electron chi connectivity index (χ4n) is 2.95. The minimum absolute atomic E-state index is 0.175. The summed E-state index contributed by atoms with van der Waals surface area (Å²) in [5, 5.41) is 9.79. The zero-order valence-electron chi connectivity index (χ0n) is 12.2. The molecule has 2 unspecified atom stereocenters. The molecule has 4 heteroatoms. The second kappa shape index (κ2) is 7.09. The van der Waals surface area contributed by atoms with Gasteiger partial charge in [-0.05, 0) is 31.0 Å². The lowest BCUT2D eigenvalue weighted by Crippen LogP contribution is -2.13. The van der Waals surface area contributed by atoms with Crippen molar-refractivity contribution >= 4 is 11.8 Å². The van der Waals surface area contributed by atoms with Gasteiger partial charge < -0.3 is 9.47 Å². The Morgan fingerprint density at radius 2 is 1.81 bits per heavy atom. The van der Waals surface area contributed by atoms with Gasteiger partial charge in [0.15, 0.2) is 11.5 Å². The van der Waals surface area contributed by atoms with Gasteiger partial charge in [0.05, 0.1) is 25.2 Å². The molecule has 1 heterocycles. The quantitative estimate of drug-likeness (QED) is 0.759. The second-order valence-electron chi connectivity index (χ2n) is 5.69. The first kappa shape index (κ1) is 14.6.